The van der Waals surface area contributed by atoms with E-state index in [9.17, 15) is 29.3 Å². The Morgan fingerprint density at radius 2 is 1.89 bits per heavy atom. The number of nitrogens with one attached hydrogen (secondary N) is 1. The van der Waals surface area contributed by atoms with E-state index in [0.717, 1.165) is 0 Å². The molecule has 0 saturated heterocycles. The number of aromatic nitrogens is 4. The van der Waals surface area contributed by atoms with Crippen molar-refractivity contribution in [3.63, 3.8) is 0 Å². The lowest BCUT2D eigenvalue weighted by molar-refractivity contribution is -0.0676. The van der Waals surface area contributed by atoms with Crippen LogP contribution in [0.15, 0.2) is 76.2 Å². The van der Waals surface area contributed by atoms with Crippen LogP contribution in [-0.2, 0) is 13.1 Å². The molecule has 1 unspecified atom stereocenters. The van der Waals surface area contributed by atoms with E-state index in [2.05, 4.69) is 15.3 Å². The van der Waals surface area contributed by atoms with Gasteiger partial charge in [-0.3, -0.25) is 4.57 Å². The minimum atomic E-state index is -2.10. The van der Waals surface area contributed by atoms with E-state index in [-0.39, 0.29) is 18.4 Å². The molecule has 11 nitrogen and oxygen atoms in total. The van der Waals surface area contributed by atoms with Gasteiger partial charge in [0.1, 0.15) is 11.4 Å². The van der Waals surface area contributed by atoms with Crippen molar-refractivity contribution in [2.45, 2.75) is 31.2 Å². The van der Waals surface area contributed by atoms with Gasteiger partial charge in [-0.1, -0.05) is 29.8 Å². The maximum Gasteiger partial charge on any atom is 0.355 e. The number of hydrogen-bond donors (Lipinski definition) is 4. The Hall–Kier alpha value is -3.84. The zero-order valence-corrected chi connectivity index (χ0v) is 20.8. The molecule has 0 bridgehead atoms. The first kappa shape index (κ1) is 27.2. The molecule has 1 aromatic carbocycles. The van der Waals surface area contributed by atoms with Gasteiger partial charge in [0.15, 0.2) is 5.82 Å². The number of halogens is 2. The summed E-state index contributed by atoms with van der Waals surface area (Å²) in [7, 11) is 0. The second-order valence-electron chi connectivity index (χ2n) is 8.68. The molecule has 0 radical (unpaired) electrons. The molecule has 0 aliphatic heterocycles. The molecule has 38 heavy (non-hydrogen) atoms. The van der Waals surface area contributed by atoms with Crippen LogP contribution in [0.3, 0.4) is 0 Å². The fourth-order valence-electron chi connectivity index (χ4n) is 3.64. The SMILES string of the molecule is O=c1nc(NC2C=CC(Oc3ncccc3F)=CC2)n(Cc2ccc(Cl)cc2)c(=O)n1CC(O)(CO)CO. The van der Waals surface area contributed by atoms with E-state index in [1.54, 1.807) is 42.5 Å². The molecule has 0 fully saturated rings. The number of benzene rings is 1. The Balaban J connectivity index is 1.61. The zero-order chi connectivity index (χ0) is 27.3. The molecule has 2 heterocycles. The number of allylic oxidation sites excluding steroid dienone is 1. The van der Waals surface area contributed by atoms with Crippen LogP contribution in [0.5, 0.6) is 5.88 Å². The average Bonchev–Trinajstić information content (AvgIpc) is 2.92. The lowest BCUT2D eigenvalue weighted by Gasteiger charge is -2.25. The van der Waals surface area contributed by atoms with Gasteiger partial charge in [-0.2, -0.15) is 4.98 Å². The van der Waals surface area contributed by atoms with Gasteiger partial charge in [0.25, 0.3) is 5.88 Å². The molecule has 4 rings (SSSR count). The summed E-state index contributed by atoms with van der Waals surface area (Å²) in [5.74, 6) is -0.435. The third kappa shape index (κ3) is 6.34. The molecule has 200 valence electrons. The summed E-state index contributed by atoms with van der Waals surface area (Å²) in [5.41, 5.74) is -3.21. The summed E-state index contributed by atoms with van der Waals surface area (Å²) in [6.45, 7) is -2.42. The first-order valence-corrected chi connectivity index (χ1v) is 11.9. The number of rotatable bonds is 10. The Kier molecular flexibility index (Phi) is 8.37. The summed E-state index contributed by atoms with van der Waals surface area (Å²) in [5, 5.41) is 32.7. The maximum atomic E-state index is 13.8. The van der Waals surface area contributed by atoms with Crippen LogP contribution in [0.1, 0.15) is 12.0 Å². The molecule has 4 N–H and O–H groups in total. The number of aliphatic hydroxyl groups is 3. The van der Waals surface area contributed by atoms with Gasteiger partial charge in [0.2, 0.25) is 5.95 Å². The third-order valence-corrected chi connectivity index (χ3v) is 6.02. The van der Waals surface area contributed by atoms with Gasteiger partial charge in [-0.05, 0) is 48.4 Å². The number of hydrogen-bond acceptors (Lipinski definition) is 9. The van der Waals surface area contributed by atoms with Crippen molar-refractivity contribution in [2.24, 2.45) is 0 Å². The average molecular weight is 546 g/mol. The quantitative estimate of drug-likeness (QED) is 0.293. The molecular formula is C25H25ClFN5O6. The lowest BCUT2D eigenvalue weighted by atomic mass is 10.1. The fraction of sp³-hybridized carbons (Fsp3) is 0.280. The highest BCUT2D eigenvalue weighted by Crippen LogP contribution is 2.20. The van der Waals surface area contributed by atoms with Crippen LogP contribution in [0, 0.1) is 5.82 Å². The minimum Gasteiger partial charge on any atom is -0.437 e. The summed E-state index contributed by atoms with van der Waals surface area (Å²) in [6, 6.07) is 8.98. The molecule has 2 aromatic heterocycles. The number of ether oxygens (including phenoxy) is 1. The highest BCUT2D eigenvalue weighted by molar-refractivity contribution is 6.30. The Morgan fingerprint density at radius 1 is 1.16 bits per heavy atom. The lowest BCUT2D eigenvalue weighted by Crippen LogP contribution is -2.51. The summed E-state index contributed by atoms with van der Waals surface area (Å²) < 4.78 is 21.2. The van der Waals surface area contributed by atoms with Gasteiger partial charge < -0.3 is 25.4 Å². The van der Waals surface area contributed by atoms with Crippen molar-refractivity contribution in [1.29, 1.82) is 0 Å². The van der Waals surface area contributed by atoms with Gasteiger partial charge in [-0.25, -0.2) is 23.5 Å². The summed E-state index contributed by atoms with van der Waals surface area (Å²) >= 11 is 5.97. The van der Waals surface area contributed by atoms with Crippen LogP contribution in [0.4, 0.5) is 10.3 Å². The molecule has 0 saturated carbocycles. The highest BCUT2D eigenvalue weighted by atomic mass is 35.5. The second-order valence-corrected chi connectivity index (χ2v) is 9.12. The second kappa shape index (κ2) is 11.7. The van der Waals surface area contributed by atoms with E-state index in [1.807, 2.05) is 0 Å². The van der Waals surface area contributed by atoms with Crippen molar-refractivity contribution in [2.75, 3.05) is 18.5 Å². The van der Waals surface area contributed by atoms with Crippen molar-refractivity contribution in [1.82, 2.24) is 19.1 Å². The number of anilines is 1. The van der Waals surface area contributed by atoms with Crippen molar-refractivity contribution in [3.8, 4) is 5.88 Å². The molecule has 1 aliphatic carbocycles. The van der Waals surface area contributed by atoms with E-state index in [1.165, 1.54) is 22.9 Å². The minimum absolute atomic E-state index is 0.00187. The van der Waals surface area contributed by atoms with Crippen LogP contribution in [0.25, 0.3) is 0 Å². The normalized spacial score (nSPS) is 15.3. The molecule has 13 heteroatoms. The fourth-order valence-corrected chi connectivity index (χ4v) is 3.77. The Bertz CT molecular complexity index is 1470. The molecule has 3 aromatic rings. The van der Waals surface area contributed by atoms with Gasteiger partial charge in [0, 0.05) is 11.2 Å². The van der Waals surface area contributed by atoms with Crippen LogP contribution in [-0.4, -0.2) is 59.3 Å². The van der Waals surface area contributed by atoms with Crippen molar-refractivity contribution in [3.05, 3.63) is 104 Å². The van der Waals surface area contributed by atoms with E-state index in [0.29, 0.717) is 27.3 Å². The Labute approximate surface area is 220 Å². The number of pyridine rings is 1. The van der Waals surface area contributed by atoms with Crippen molar-refractivity contribution >= 4 is 17.5 Å². The standard InChI is InChI=1S/C25H25ClFN5O6/c26-17-5-3-16(4-6-17)12-31-22(30-23(35)32(24(31)36)13-25(37,14-33)15-34)29-18-7-9-19(10-8-18)38-21-20(27)2-1-11-28-21/h1-7,9-11,18,33-34,37H,8,12-15H2,(H,29,30,35). The van der Waals surface area contributed by atoms with Gasteiger partial charge >= 0.3 is 11.4 Å². The van der Waals surface area contributed by atoms with Crippen LogP contribution >= 0.6 is 11.6 Å². The number of nitrogens with zero attached hydrogens (tertiary/aromatic N) is 4. The molecular weight excluding hydrogens is 521 g/mol. The summed E-state index contributed by atoms with van der Waals surface area (Å²) in [4.78, 5) is 34.0. The zero-order valence-electron chi connectivity index (χ0n) is 20.0. The molecule has 0 amide bonds. The van der Waals surface area contributed by atoms with Crippen LogP contribution < -0.4 is 21.4 Å². The van der Waals surface area contributed by atoms with E-state index >= 15 is 0 Å². The van der Waals surface area contributed by atoms with Crippen LogP contribution in [0.2, 0.25) is 5.02 Å². The van der Waals surface area contributed by atoms with Crippen molar-refractivity contribution < 1.29 is 24.4 Å². The monoisotopic (exact) mass is 545 g/mol. The first-order chi connectivity index (χ1) is 18.2. The van der Waals surface area contributed by atoms with Gasteiger partial charge in [-0.15, -0.1) is 0 Å². The topological polar surface area (TPSA) is 152 Å². The Morgan fingerprint density at radius 3 is 2.53 bits per heavy atom. The maximum absolute atomic E-state index is 13.8. The smallest absolute Gasteiger partial charge is 0.355 e. The molecule has 0 spiro atoms. The predicted molar refractivity (Wildman–Crippen MR) is 137 cm³/mol. The predicted octanol–water partition coefficient (Wildman–Crippen LogP) is 1.06. The van der Waals surface area contributed by atoms with E-state index in [4.69, 9.17) is 16.3 Å². The first-order valence-electron chi connectivity index (χ1n) is 11.5. The highest BCUT2D eigenvalue weighted by Gasteiger charge is 2.29. The third-order valence-electron chi connectivity index (χ3n) is 5.76. The van der Waals surface area contributed by atoms with E-state index < -0.39 is 48.6 Å². The largest absolute Gasteiger partial charge is 0.437 e. The molecule has 1 atom stereocenters. The molecule has 1 aliphatic rings. The number of aliphatic hydroxyl groups excluding tert-OH is 2. The summed E-state index contributed by atoms with van der Waals surface area (Å²) in [6.07, 6.45) is 6.76. The van der Waals surface area contributed by atoms with Gasteiger partial charge in [0.05, 0.1) is 32.3 Å².